The Morgan fingerprint density at radius 3 is 2.23 bits per heavy atom. The first-order chi connectivity index (χ1) is 18.9. The summed E-state index contributed by atoms with van der Waals surface area (Å²) in [5.74, 6) is -0.756. The lowest BCUT2D eigenvalue weighted by molar-refractivity contribution is -0.137. The van der Waals surface area contributed by atoms with E-state index in [-0.39, 0.29) is 36.6 Å². The van der Waals surface area contributed by atoms with Crippen LogP contribution < -0.4 is 25.5 Å². The molecule has 4 rings (SSSR count). The highest BCUT2D eigenvalue weighted by Crippen LogP contribution is 2.29. The molecule has 3 amide bonds. The Morgan fingerprint density at radius 2 is 1.57 bits per heavy atom. The second kappa shape index (κ2) is 11.6. The molecule has 1 N–H and O–H groups in total. The normalized spacial score (nSPS) is 15.4. The van der Waals surface area contributed by atoms with Gasteiger partial charge < -0.3 is 15.1 Å². The van der Waals surface area contributed by atoms with Gasteiger partial charge in [-0.3, -0.25) is 24.1 Å². The van der Waals surface area contributed by atoms with Gasteiger partial charge in [-0.2, -0.15) is 0 Å². The second-order valence-electron chi connectivity index (χ2n) is 11.2. The third-order valence-corrected chi connectivity index (χ3v) is 11.1. The average Bonchev–Trinajstić information content (AvgIpc) is 3.23. The molecule has 210 valence electrons. The van der Waals surface area contributed by atoms with Crippen LogP contribution in [-0.4, -0.2) is 77.8 Å². The number of carbonyl (C=O) groups excluding carboxylic acids is 4. The van der Waals surface area contributed by atoms with E-state index in [0.717, 1.165) is 38.2 Å². The number of hydrogen-bond donors (Lipinski definition) is 1. The van der Waals surface area contributed by atoms with E-state index in [1.54, 1.807) is 0 Å². The van der Waals surface area contributed by atoms with Gasteiger partial charge in [0.25, 0.3) is 11.8 Å². The predicted molar refractivity (Wildman–Crippen MR) is 163 cm³/mol. The summed E-state index contributed by atoms with van der Waals surface area (Å²) in [6.45, 7) is 5.02. The third-order valence-electron chi connectivity index (χ3n) is 7.64. The van der Waals surface area contributed by atoms with Crippen molar-refractivity contribution in [3.8, 4) is 0 Å². The second-order valence-corrected chi connectivity index (χ2v) is 15.6. The molecule has 0 fully saturated rings. The zero-order valence-corrected chi connectivity index (χ0v) is 25.2. The van der Waals surface area contributed by atoms with E-state index in [4.69, 9.17) is 0 Å². The van der Waals surface area contributed by atoms with Gasteiger partial charge in [-0.1, -0.05) is 25.2 Å². The number of benzene rings is 2. The van der Waals surface area contributed by atoms with Crippen molar-refractivity contribution in [2.24, 2.45) is 0 Å². The number of allylic oxidation sites excluding steroid dienone is 1. The minimum absolute atomic E-state index is 0.0663. The molecular formula is C31H38N4O4Si. The third kappa shape index (κ3) is 5.79. The van der Waals surface area contributed by atoms with E-state index in [1.807, 2.05) is 52.5 Å². The number of nitrogens with one attached hydrogen (secondary N) is 1. The largest absolute Gasteiger partial charge is 0.378 e. The van der Waals surface area contributed by atoms with Crippen molar-refractivity contribution in [1.29, 1.82) is 0 Å². The lowest BCUT2D eigenvalue weighted by Gasteiger charge is -2.35. The van der Waals surface area contributed by atoms with Gasteiger partial charge in [0.2, 0.25) is 5.91 Å². The summed E-state index contributed by atoms with van der Waals surface area (Å²) in [6, 6.07) is 10.4. The van der Waals surface area contributed by atoms with Gasteiger partial charge in [0.05, 0.1) is 0 Å². The minimum Gasteiger partial charge on any atom is -0.378 e. The number of fused-ring (bicyclic) bond motifs is 2. The first-order valence-corrected chi connectivity index (χ1v) is 16.6. The summed E-state index contributed by atoms with van der Waals surface area (Å²) in [5, 5.41) is 5.09. The maximum Gasteiger partial charge on any atom is 0.253 e. The molecule has 0 saturated carbocycles. The van der Waals surface area contributed by atoms with Crippen LogP contribution in [0.5, 0.6) is 0 Å². The van der Waals surface area contributed by atoms with Gasteiger partial charge in [-0.15, -0.1) is 0 Å². The molecule has 0 radical (unpaired) electrons. The average molecular weight is 559 g/mol. The Kier molecular flexibility index (Phi) is 8.44. The number of unbranched alkanes of at least 4 members (excludes halogenated alkanes) is 1. The molecule has 0 atom stereocenters. The molecule has 2 heterocycles. The zero-order chi connectivity index (χ0) is 29.2. The van der Waals surface area contributed by atoms with Crippen molar-refractivity contribution in [3.05, 3.63) is 65.3 Å². The first-order valence-electron chi connectivity index (χ1n) is 13.6. The summed E-state index contributed by atoms with van der Waals surface area (Å²) in [6.07, 6.45) is 8.17. The molecule has 0 bridgehead atoms. The van der Waals surface area contributed by atoms with Crippen molar-refractivity contribution < 1.29 is 19.2 Å². The number of amides is 3. The van der Waals surface area contributed by atoms with Gasteiger partial charge in [-0.25, -0.2) is 0 Å². The number of ketones is 1. The van der Waals surface area contributed by atoms with E-state index in [0.29, 0.717) is 19.3 Å². The van der Waals surface area contributed by atoms with Crippen molar-refractivity contribution in [3.63, 3.8) is 0 Å². The Hall–Kier alpha value is -3.98. The zero-order valence-electron chi connectivity index (χ0n) is 24.2. The standard InChI is InChI=1S/C31H38N4O4Si/c1-33(2)22-12-13-24-25(19-22)40(5,6)26-20-23(34(3)4)18-21(30(26)31(24)39)10-8-7-9-11-27(36)32-16-17-35-28(37)14-15-29(35)38/h8,10,12-15,18-20H,7,9,11,16-17H2,1-6H3,(H,32,36)/b10-8+. The number of carbonyl (C=O) groups is 4. The maximum absolute atomic E-state index is 13.9. The van der Waals surface area contributed by atoms with E-state index >= 15 is 0 Å². The molecule has 9 heteroatoms. The molecule has 0 saturated heterocycles. The fourth-order valence-electron chi connectivity index (χ4n) is 5.23. The highest BCUT2D eigenvalue weighted by molar-refractivity contribution is 7.02. The highest BCUT2D eigenvalue weighted by atomic mass is 28.3. The highest BCUT2D eigenvalue weighted by Gasteiger charge is 2.40. The Bertz CT molecular complexity index is 1410. The summed E-state index contributed by atoms with van der Waals surface area (Å²) < 4.78 is 0. The van der Waals surface area contributed by atoms with Crippen LogP contribution in [0.25, 0.3) is 6.08 Å². The van der Waals surface area contributed by atoms with E-state index in [1.165, 1.54) is 17.3 Å². The molecule has 40 heavy (non-hydrogen) atoms. The number of hydrogen-bond acceptors (Lipinski definition) is 6. The van der Waals surface area contributed by atoms with Crippen LogP contribution in [0.2, 0.25) is 13.1 Å². The summed E-state index contributed by atoms with van der Waals surface area (Å²) in [4.78, 5) is 54.5. The van der Waals surface area contributed by atoms with Crippen molar-refractivity contribution in [1.82, 2.24) is 10.2 Å². The Balaban J connectivity index is 1.46. The smallest absolute Gasteiger partial charge is 0.253 e. The quantitative estimate of drug-likeness (QED) is 0.274. The van der Waals surface area contributed by atoms with Crippen LogP contribution in [0.4, 0.5) is 11.4 Å². The summed E-state index contributed by atoms with van der Waals surface area (Å²) in [5.41, 5.74) is 4.66. The summed E-state index contributed by atoms with van der Waals surface area (Å²) in [7, 11) is 5.88. The molecule has 0 unspecified atom stereocenters. The molecule has 0 aliphatic carbocycles. The van der Waals surface area contributed by atoms with E-state index in [9.17, 15) is 19.2 Å². The van der Waals surface area contributed by atoms with E-state index in [2.05, 4.69) is 46.4 Å². The van der Waals surface area contributed by atoms with Crippen LogP contribution >= 0.6 is 0 Å². The number of rotatable bonds is 10. The monoisotopic (exact) mass is 558 g/mol. The lowest BCUT2D eigenvalue weighted by atomic mass is 9.95. The number of imide groups is 1. The van der Waals surface area contributed by atoms with Gasteiger partial charge in [0.15, 0.2) is 5.78 Å². The maximum atomic E-state index is 13.9. The molecule has 0 aromatic heterocycles. The van der Waals surface area contributed by atoms with Crippen LogP contribution in [0.1, 0.15) is 40.7 Å². The predicted octanol–water partition coefficient (Wildman–Crippen LogP) is 2.41. The fourth-order valence-corrected chi connectivity index (χ4v) is 8.29. The first kappa shape index (κ1) is 29.0. The molecule has 2 aromatic carbocycles. The number of nitrogens with zero attached hydrogens (tertiary/aromatic N) is 3. The lowest BCUT2D eigenvalue weighted by Crippen LogP contribution is -2.60. The van der Waals surface area contributed by atoms with Crippen LogP contribution in [0.15, 0.2) is 48.6 Å². The van der Waals surface area contributed by atoms with Crippen LogP contribution in [-0.2, 0) is 14.4 Å². The van der Waals surface area contributed by atoms with Gasteiger partial charge in [-0.05, 0) is 59.1 Å². The minimum atomic E-state index is -2.17. The van der Waals surface area contributed by atoms with Gasteiger partial charge in [0, 0.05) is 82.4 Å². The van der Waals surface area contributed by atoms with Crippen LogP contribution in [0.3, 0.4) is 0 Å². The molecule has 2 aliphatic heterocycles. The molecule has 2 aliphatic rings. The van der Waals surface area contributed by atoms with Crippen LogP contribution in [0, 0.1) is 0 Å². The fraction of sp³-hybridized carbons (Fsp3) is 0.355. The molecular weight excluding hydrogens is 520 g/mol. The SMILES string of the molecule is CN(C)c1ccc2c(c1)[Si](C)(C)c1cc(N(C)C)cc(/C=C/CCCC(=O)NCCN3C(=O)C=CC3=O)c1C2=O. The summed E-state index contributed by atoms with van der Waals surface area (Å²) >= 11 is 0. The molecule has 0 spiro atoms. The Morgan fingerprint density at radius 1 is 0.925 bits per heavy atom. The van der Waals surface area contributed by atoms with E-state index < -0.39 is 8.07 Å². The topological polar surface area (TPSA) is 90.0 Å². The van der Waals surface area contributed by atoms with Gasteiger partial charge in [0.1, 0.15) is 8.07 Å². The number of anilines is 2. The van der Waals surface area contributed by atoms with Crippen molar-refractivity contribution in [2.75, 3.05) is 51.1 Å². The van der Waals surface area contributed by atoms with Crippen molar-refractivity contribution in [2.45, 2.75) is 32.4 Å². The molecule has 8 nitrogen and oxygen atoms in total. The molecule has 2 aromatic rings. The van der Waals surface area contributed by atoms with Gasteiger partial charge >= 0.3 is 0 Å². The van der Waals surface area contributed by atoms with Crippen molar-refractivity contribution >= 4 is 59.4 Å². The Labute approximate surface area is 237 Å².